The van der Waals surface area contributed by atoms with E-state index in [2.05, 4.69) is 9.71 Å². The smallest absolute Gasteiger partial charge is 0.267 e. The van der Waals surface area contributed by atoms with Crippen molar-refractivity contribution in [2.24, 2.45) is 0 Å². The normalized spacial score (nSPS) is 11.2. The van der Waals surface area contributed by atoms with Crippen LogP contribution in [-0.2, 0) is 10.0 Å². The molecule has 0 unspecified atom stereocenters. The number of H-pyrrole nitrogens is 1. The van der Waals surface area contributed by atoms with Crippen molar-refractivity contribution in [2.75, 3.05) is 4.72 Å². The Kier molecular flexibility index (Phi) is 3.40. The average Bonchev–Trinajstić information content (AvgIpc) is 2.28. The van der Waals surface area contributed by atoms with E-state index in [1.807, 2.05) is 0 Å². The molecule has 0 amide bonds. The van der Waals surface area contributed by atoms with Crippen molar-refractivity contribution in [1.82, 2.24) is 4.98 Å². The molecule has 0 aliphatic heterocycles. The Balaban J connectivity index is 2.40. The summed E-state index contributed by atoms with van der Waals surface area (Å²) in [4.78, 5) is 13.7. The van der Waals surface area contributed by atoms with Crippen molar-refractivity contribution in [3.05, 3.63) is 58.0 Å². The number of anilines is 1. The molecule has 2 aromatic rings. The Bertz CT molecular complexity index is 725. The Labute approximate surface area is 108 Å². The second-order valence-corrected chi connectivity index (χ2v) is 5.58. The van der Waals surface area contributed by atoms with E-state index in [0.29, 0.717) is 10.7 Å². The second-order valence-electron chi connectivity index (χ2n) is 3.49. The minimum atomic E-state index is -3.91. The van der Waals surface area contributed by atoms with Gasteiger partial charge in [0.1, 0.15) is 0 Å². The van der Waals surface area contributed by atoms with E-state index in [0.717, 1.165) is 12.3 Å². The van der Waals surface area contributed by atoms with Gasteiger partial charge < -0.3 is 4.98 Å². The summed E-state index contributed by atoms with van der Waals surface area (Å²) in [6, 6.07) is 7.37. The molecule has 0 aliphatic rings. The minimum absolute atomic E-state index is 0.297. The highest BCUT2D eigenvalue weighted by atomic mass is 35.5. The van der Waals surface area contributed by atoms with Gasteiger partial charge in [0.15, 0.2) is 4.90 Å². The molecule has 2 rings (SSSR count). The molecule has 0 fully saturated rings. The minimum Gasteiger partial charge on any atom is -0.366 e. The van der Waals surface area contributed by atoms with Gasteiger partial charge >= 0.3 is 0 Å². The molecule has 18 heavy (non-hydrogen) atoms. The topological polar surface area (TPSA) is 79.0 Å². The number of nitrogens with one attached hydrogen (secondary N) is 2. The molecule has 0 atom stereocenters. The molecule has 0 spiro atoms. The van der Waals surface area contributed by atoms with Crippen molar-refractivity contribution in [3.63, 3.8) is 0 Å². The highest BCUT2D eigenvalue weighted by molar-refractivity contribution is 7.92. The SMILES string of the molecule is O=c1cc[nH]cc1S(=O)(=O)Nc1cccc(Cl)c1. The lowest BCUT2D eigenvalue weighted by Gasteiger charge is -2.07. The lowest BCUT2D eigenvalue weighted by molar-refractivity contribution is 0.600. The van der Waals surface area contributed by atoms with Gasteiger partial charge in [0, 0.05) is 23.5 Å². The first-order valence-corrected chi connectivity index (χ1v) is 6.81. The largest absolute Gasteiger partial charge is 0.366 e. The molecule has 2 N–H and O–H groups in total. The van der Waals surface area contributed by atoms with Gasteiger partial charge in [0.05, 0.1) is 5.69 Å². The predicted molar refractivity (Wildman–Crippen MR) is 69.3 cm³/mol. The molecule has 94 valence electrons. The molecular weight excluding hydrogens is 276 g/mol. The number of halogens is 1. The van der Waals surface area contributed by atoms with E-state index in [1.165, 1.54) is 12.3 Å². The van der Waals surface area contributed by atoms with Crippen LogP contribution >= 0.6 is 11.6 Å². The third kappa shape index (κ3) is 2.72. The summed E-state index contributed by atoms with van der Waals surface area (Å²) in [5.74, 6) is 0. The predicted octanol–water partition coefficient (Wildman–Crippen LogP) is 1.83. The summed E-state index contributed by atoms with van der Waals surface area (Å²) in [5.41, 5.74) is -0.283. The van der Waals surface area contributed by atoms with E-state index in [1.54, 1.807) is 18.2 Å². The Morgan fingerprint density at radius 3 is 2.67 bits per heavy atom. The van der Waals surface area contributed by atoms with Crippen LogP contribution in [0.4, 0.5) is 5.69 Å². The third-order valence-electron chi connectivity index (χ3n) is 2.15. The number of hydrogen-bond donors (Lipinski definition) is 2. The maximum atomic E-state index is 12.0. The molecular formula is C11H9ClN2O3S. The molecule has 0 saturated carbocycles. The molecule has 1 aromatic carbocycles. The quantitative estimate of drug-likeness (QED) is 0.902. The van der Waals surface area contributed by atoms with Crippen LogP contribution in [0.2, 0.25) is 5.02 Å². The number of pyridine rings is 1. The molecule has 0 radical (unpaired) electrons. The number of sulfonamides is 1. The van der Waals surface area contributed by atoms with Gasteiger partial charge in [-0.2, -0.15) is 0 Å². The fraction of sp³-hybridized carbons (Fsp3) is 0. The fourth-order valence-electron chi connectivity index (χ4n) is 1.37. The van der Waals surface area contributed by atoms with Crippen molar-refractivity contribution >= 4 is 27.3 Å². The van der Waals surface area contributed by atoms with E-state index in [4.69, 9.17) is 11.6 Å². The third-order valence-corrected chi connectivity index (χ3v) is 3.79. The average molecular weight is 285 g/mol. The molecule has 5 nitrogen and oxygen atoms in total. The molecule has 0 saturated heterocycles. The van der Waals surface area contributed by atoms with Crippen LogP contribution in [0, 0.1) is 0 Å². The van der Waals surface area contributed by atoms with E-state index < -0.39 is 15.5 Å². The molecule has 1 heterocycles. The van der Waals surface area contributed by atoms with Gasteiger partial charge in [0.25, 0.3) is 10.0 Å². The van der Waals surface area contributed by atoms with Crippen LogP contribution < -0.4 is 10.2 Å². The Hall–Kier alpha value is -1.79. The number of benzene rings is 1. The number of rotatable bonds is 3. The summed E-state index contributed by atoms with van der Waals surface area (Å²) in [7, 11) is -3.91. The zero-order valence-electron chi connectivity index (χ0n) is 9.05. The molecule has 1 aromatic heterocycles. The number of aromatic amines is 1. The van der Waals surface area contributed by atoms with Crippen molar-refractivity contribution in [2.45, 2.75) is 4.90 Å². The van der Waals surface area contributed by atoms with Crippen LogP contribution in [0.1, 0.15) is 0 Å². The first-order chi connectivity index (χ1) is 8.49. The van der Waals surface area contributed by atoms with Gasteiger partial charge in [-0.25, -0.2) is 8.42 Å². The van der Waals surface area contributed by atoms with Crippen molar-refractivity contribution < 1.29 is 8.42 Å². The van der Waals surface area contributed by atoms with E-state index in [9.17, 15) is 13.2 Å². The second kappa shape index (κ2) is 4.83. The summed E-state index contributed by atoms with van der Waals surface area (Å²) in [6.45, 7) is 0. The van der Waals surface area contributed by atoms with Gasteiger partial charge in [0.2, 0.25) is 5.43 Å². The first kappa shape index (κ1) is 12.7. The lowest BCUT2D eigenvalue weighted by atomic mass is 10.3. The molecule has 0 aliphatic carbocycles. The maximum absolute atomic E-state index is 12.0. The van der Waals surface area contributed by atoms with Crippen molar-refractivity contribution in [3.8, 4) is 0 Å². The highest BCUT2D eigenvalue weighted by Crippen LogP contribution is 2.17. The Morgan fingerprint density at radius 1 is 1.22 bits per heavy atom. The number of aromatic nitrogens is 1. The van der Waals surface area contributed by atoms with Crippen LogP contribution in [0.5, 0.6) is 0 Å². The monoisotopic (exact) mass is 284 g/mol. The molecule has 0 bridgehead atoms. The van der Waals surface area contributed by atoms with Crippen LogP contribution in [0.3, 0.4) is 0 Å². The maximum Gasteiger partial charge on any atom is 0.267 e. The van der Waals surface area contributed by atoms with Gasteiger partial charge in [-0.05, 0) is 18.2 Å². The Morgan fingerprint density at radius 2 is 2.00 bits per heavy atom. The first-order valence-electron chi connectivity index (χ1n) is 4.94. The van der Waals surface area contributed by atoms with Crippen molar-refractivity contribution in [1.29, 1.82) is 0 Å². The van der Waals surface area contributed by atoms with Crippen LogP contribution in [-0.4, -0.2) is 13.4 Å². The highest BCUT2D eigenvalue weighted by Gasteiger charge is 2.17. The zero-order valence-corrected chi connectivity index (χ0v) is 10.6. The van der Waals surface area contributed by atoms with Gasteiger partial charge in [-0.15, -0.1) is 0 Å². The van der Waals surface area contributed by atoms with Crippen LogP contribution in [0.15, 0.2) is 52.4 Å². The zero-order chi connectivity index (χ0) is 13.2. The fourth-order valence-corrected chi connectivity index (χ4v) is 2.67. The summed E-state index contributed by atoms with van der Waals surface area (Å²) < 4.78 is 26.2. The number of hydrogen-bond acceptors (Lipinski definition) is 3. The summed E-state index contributed by atoms with van der Waals surface area (Å²) in [6.07, 6.45) is 2.50. The van der Waals surface area contributed by atoms with Crippen LogP contribution in [0.25, 0.3) is 0 Å². The molecule has 7 heteroatoms. The van der Waals surface area contributed by atoms with E-state index in [-0.39, 0.29) is 4.90 Å². The summed E-state index contributed by atoms with van der Waals surface area (Å²) >= 11 is 5.75. The standard InChI is InChI=1S/C11H9ClN2O3S/c12-8-2-1-3-9(6-8)14-18(16,17)11-7-13-5-4-10(11)15/h1-7,14H,(H,13,15). The van der Waals surface area contributed by atoms with Gasteiger partial charge in [-0.3, -0.25) is 9.52 Å². The van der Waals surface area contributed by atoms with E-state index >= 15 is 0 Å². The lowest BCUT2D eigenvalue weighted by Crippen LogP contribution is -2.20. The van der Waals surface area contributed by atoms with Gasteiger partial charge in [-0.1, -0.05) is 17.7 Å². The summed E-state index contributed by atoms with van der Waals surface area (Å²) in [5, 5.41) is 0.400.